The number of carbonyl (C=O) groups is 1. The van der Waals surface area contributed by atoms with Crippen molar-refractivity contribution in [2.24, 2.45) is 5.73 Å². The minimum Gasteiger partial charge on any atom is -0.390 e. The van der Waals surface area contributed by atoms with Crippen LogP contribution in [-0.4, -0.2) is 26.6 Å². The summed E-state index contributed by atoms with van der Waals surface area (Å²) in [5.41, 5.74) is 12.9. The molecule has 6 rings (SSSR count). The molecule has 1 amide bonds. The molecule has 0 radical (unpaired) electrons. The van der Waals surface area contributed by atoms with E-state index in [4.69, 9.17) is 5.73 Å². The van der Waals surface area contributed by atoms with Gasteiger partial charge in [-0.1, -0.05) is 55.7 Å². The first kappa shape index (κ1) is 23.3. The molecule has 0 atom stereocenters. The van der Waals surface area contributed by atoms with E-state index in [1.807, 2.05) is 36.5 Å². The molecule has 6 heteroatoms. The van der Waals surface area contributed by atoms with Crippen molar-refractivity contribution >= 4 is 33.4 Å². The third-order valence-corrected chi connectivity index (χ3v) is 7.49. The smallest absolute Gasteiger partial charge is 0.250 e. The first-order valence-electron chi connectivity index (χ1n) is 12.9. The zero-order valence-corrected chi connectivity index (χ0v) is 20.7. The number of hydrogen-bond acceptors (Lipinski definition) is 4. The third kappa shape index (κ3) is 4.23. The van der Waals surface area contributed by atoms with Crippen molar-refractivity contribution < 1.29 is 9.90 Å². The topological polar surface area (TPSA) is 93.2 Å². The Morgan fingerprint density at radius 3 is 2.54 bits per heavy atom. The summed E-state index contributed by atoms with van der Waals surface area (Å²) in [7, 11) is 0. The summed E-state index contributed by atoms with van der Waals surface area (Å²) >= 11 is 0. The Morgan fingerprint density at radius 1 is 0.973 bits per heavy atom. The highest BCUT2D eigenvalue weighted by Gasteiger charge is 2.20. The van der Waals surface area contributed by atoms with Crippen LogP contribution in [0.25, 0.3) is 38.6 Å². The van der Waals surface area contributed by atoms with Crippen LogP contribution in [0.2, 0.25) is 0 Å². The number of para-hydroxylation sites is 1. The van der Waals surface area contributed by atoms with E-state index >= 15 is 0 Å². The second kappa shape index (κ2) is 9.71. The first-order valence-corrected chi connectivity index (χ1v) is 12.9. The number of carbonyl (C=O) groups excluding carboxylic acids is 1. The normalized spacial score (nSPS) is 14.3. The van der Waals surface area contributed by atoms with Gasteiger partial charge in [0.05, 0.1) is 28.9 Å². The Morgan fingerprint density at radius 2 is 1.78 bits per heavy atom. The maximum Gasteiger partial charge on any atom is 0.250 e. The minimum atomic E-state index is -0.423. The highest BCUT2D eigenvalue weighted by molar-refractivity contribution is 6.15. The molecule has 3 aromatic carbocycles. The number of aromatic nitrogens is 2. The largest absolute Gasteiger partial charge is 0.390 e. The number of fused-ring (bicyclic) bond motifs is 3. The molecule has 1 saturated carbocycles. The number of nitrogens with zero attached hydrogens (tertiary/aromatic N) is 2. The molecule has 0 unspecified atom stereocenters. The highest BCUT2D eigenvalue weighted by atomic mass is 16.3. The van der Waals surface area contributed by atoms with Crippen molar-refractivity contribution in [3.05, 3.63) is 90.3 Å². The van der Waals surface area contributed by atoms with Gasteiger partial charge in [-0.05, 0) is 54.8 Å². The van der Waals surface area contributed by atoms with E-state index in [1.54, 1.807) is 0 Å². The molecule has 1 aliphatic carbocycles. The second-order valence-corrected chi connectivity index (χ2v) is 9.82. The van der Waals surface area contributed by atoms with Gasteiger partial charge in [-0.15, -0.1) is 0 Å². The zero-order valence-electron chi connectivity index (χ0n) is 20.7. The molecule has 4 N–H and O–H groups in total. The molecule has 6 nitrogen and oxygen atoms in total. The van der Waals surface area contributed by atoms with Crippen LogP contribution in [0.5, 0.6) is 0 Å². The lowest BCUT2D eigenvalue weighted by molar-refractivity contribution is 0.100. The number of nitrogens with two attached hydrogens (primary N) is 1. The number of benzene rings is 3. The van der Waals surface area contributed by atoms with Crippen molar-refractivity contribution in [2.45, 2.75) is 44.8 Å². The summed E-state index contributed by atoms with van der Waals surface area (Å²) < 4.78 is 2.25. The molecule has 5 aromatic rings. The maximum atomic E-state index is 12.3. The second-order valence-electron chi connectivity index (χ2n) is 9.82. The number of nitrogens with one attached hydrogen (secondary N) is 1. The van der Waals surface area contributed by atoms with E-state index in [1.165, 1.54) is 19.3 Å². The molecule has 0 aliphatic heterocycles. The number of anilines is 1. The lowest BCUT2D eigenvalue weighted by Gasteiger charge is -2.25. The van der Waals surface area contributed by atoms with Crippen LogP contribution in [0.3, 0.4) is 0 Å². The minimum absolute atomic E-state index is 0.0810. The van der Waals surface area contributed by atoms with Gasteiger partial charge in [0.25, 0.3) is 5.91 Å². The van der Waals surface area contributed by atoms with Crippen LogP contribution in [0.4, 0.5) is 5.69 Å². The summed E-state index contributed by atoms with van der Waals surface area (Å²) in [6.07, 6.45) is 7.69. The zero-order chi connectivity index (χ0) is 25.4. The van der Waals surface area contributed by atoms with Crippen molar-refractivity contribution in [1.82, 2.24) is 9.55 Å². The number of hydrogen-bond donors (Lipinski definition) is 3. The predicted molar refractivity (Wildman–Crippen MR) is 149 cm³/mol. The molecule has 37 heavy (non-hydrogen) atoms. The number of amides is 1. The fourth-order valence-corrected chi connectivity index (χ4v) is 5.69. The Kier molecular flexibility index (Phi) is 6.10. The number of pyridine rings is 1. The maximum absolute atomic E-state index is 12.3. The first-order chi connectivity index (χ1) is 18.1. The summed E-state index contributed by atoms with van der Waals surface area (Å²) in [6, 6.07) is 24.8. The van der Waals surface area contributed by atoms with Gasteiger partial charge in [-0.2, -0.15) is 0 Å². The average molecular weight is 491 g/mol. The van der Waals surface area contributed by atoms with Crippen molar-refractivity contribution in [3.8, 4) is 16.8 Å². The van der Waals surface area contributed by atoms with Crippen LogP contribution in [0.1, 0.15) is 48.2 Å². The summed E-state index contributed by atoms with van der Waals surface area (Å²) in [5.74, 6) is -0.423. The molecule has 2 aromatic heterocycles. The molecule has 0 spiro atoms. The molecule has 1 aliphatic rings. The number of primary amides is 1. The molecular weight excluding hydrogens is 460 g/mol. The molecule has 0 saturated heterocycles. The van der Waals surface area contributed by atoms with Crippen LogP contribution in [0.15, 0.2) is 79.0 Å². The number of aliphatic hydroxyl groups excluding tert-OH is 1. The summed E-state index contributed by atoms with van der Waals surface area (Å²) in [6.45, 7) is -0.0810. The third-order valence-electron chi connectivity index (χ3n) is 7.49. The van der Waals surface area contributed by atoms with Gasteiger partial charge in [-0.25, -0.2) is 0 Å². The Bertz CT molecular complexity index is 1600. The van der Waals surface area contributed by atoms with E-state index in [0.29, 0.717) is 17.3 Å². The van der Waals surface area contributed by atoms with Gasteiger partial charge in [0.15, 0.2) is 0 Å². The Labute approximate surface area is 215 Å². The Balaban J connectivity index is 1.55. The standard InChI is InChI=1S/C31H30N4O2/c32-31(37)25-16-15-23(17-27(25)34-21-7-2-1-3-8-21)35-28-11-5-4-9-26(28)30-24(10-6-12-29(30)35)20-13-14-22(19-36)33-18-20/h4-6,9-18,21,34,36H,1-3,7-8,19H2,(H2,32,37). The highest BCUT2D eigenvalue weighted by Crippen LogP contribution is 2.39. The van der Waals surface area contributed by atoms with Crippen LogP contribution in [-0.2, 0) is 6.61 Å². The summed E-state index contributed by atoms with van der Waals surface area (Å²) in [4.78, 5) is 16.7. The fraction of sp³-hybridized carbons (Fsp3) is 0.226. The van der Waals surface area contributed by atoms with E-state index in [-0.39, 0.29) is 6.61 Å². The molecule has 1 fully saturated rings. The van der Waals surface area contributed by atoms with Crippen LogP contribution < -0.4 is 11.1 Å². The number of aliphatic hydroxyl groups is 1. The van der Waals surface area contributed by atoms with E-state index in [2.05, 4.69) is 57.3 Å². The van der Waals surface area contributed by atoms with E-state index in [0.717, 1.165) is 57.1 Å². The monoisotopic (exact) mass is 490 g/mol. The van der Waals surface area contributed by atoms with Gasteiger partial charge in [-0.3, -0.25) is 9.78 Å². The van der Waals surface area contributed by atoms with Crippen LogP contribution >= 0.6 is 0 Å². The van der Waals surface area contributed by atoms with Crippen molar-refractivity contribution in [1.29, 1.82) is 0 Å². The Hall–Kier alpha value is -4.16. The van der Waals surface area contributed by atoms with Gasteiger partial charge in [0, 0.05) is 39.9 Å². The van der Waals surface area contributed by atoms with Gasteiger partial charge < -0.3 is 20.7 Å². The fourth-order valence-electron chi connectivity index (χ4n) is 5.69. The molecule has 2 heterocycles. The predicted octanol–water partition coefficient (Wildman–Crippen LogP) is 6.18. The van der Waals surface area contributed by atoms with Gasteiger partial charge in [0.2, 0.25) is 0 Å². The average Bonchev–Trinajstić information content (AvgIpc) is 3.28. The van der Waals surface area contributed by atoms with Crippen molar-refractivity contribution in [2.75, 3.05) is 5.32 Å². The van der Waals surface area contributed by atoms with Gasteiger partial charge >= 0.3 is 0 Å². The summed E-state index contributed by atoms with van der Waals surface area (Å²) in [5, 5.41) is 15.3. The lowest BCUT2D eigenvalue weighted by Crippen LogP contribution is -2.24. The van der Waals surface area contributed by atoms with E-state index < -0.39 is 5.91 Å². The van der Waals surface area contributed by atoms with Gasteiger partial charge in [0.1, 0.15) is 0 Å². The molecule has 0 bridgehead atoms. The van der Waals surface area contributed by atoms with Crippen LogP contribution in [0, 0.1) is 0 Å². The number of rotatable bonds is 6. The van der Waals surface area contributed by atoms with Crippen molar-refractivity contribution in [3.63, 3.8) is 0 Å². The quantitative estimate of drug-likeness (QED) is 0.265. The lowest BCUT2D eigenvalue weighted by atomic mass is 9.95. The van der Waals surface area contributed by atoms with E-state index in [9.17, 15) is 9.90 Å². The SMILES string of the molecule is NC(=O)c1ccc(-n2c3ccccc3c3c(-c4ccc(CO)nc4)cccc32)cc1NC1CCCCC1. The molecular formula is C31H30N4O2. The molecule has 186 valence electrons.